The Morgan fingerprint density at radius 1 is 0.731 bits per heavy atom. The highest BCUT2D eigenvalue weighted by Crippen LogP contribution is 1.98. The Kier molecular flexibility index (Phi) is 15.6. The zero-order valence-corrected chi connectivity index (χ0v) is 15.7. The molecule has 0 aromatic carbocycles. The van der Waals surface area contributed by atoms with Crippen LogP contribution in [0, 0.1) is 0 Å². The molecule has 0 rings (SSSR count). The van der Waals surface area contributed by atoms with E-state index >= 15 is 0 Å². The monoisotopic (exact) mass is 370 g/mol. The molecule has 8 heteroatoms. The molecule has 0 aliphatic rings. The van der Waals surface area contributed by atoms with E-state index < -0.39 is 23.9 Å². The first-order valence-electron chi connectivity index (χ1n) is 8.28. The summed E-state index contributed by atoms with van der Waals surface area (Å²) in [5.41, 5.74) is 0.104. The van der Waals surface area contributed by atoms with Gasteiger partial charge in [0.1, 0.15) is 0 Å². The lowest BCUT2D eigenvalue weighted by Crippen LogP contribution is -2.21. The van der Waals surface area contributed by atoms with Crippen molar-refractivity contribution in [2.75, 3.05) is 13.2 Å². The fraction of sp³-hybridized carbons (Fsp3) is 0.556. The van der Waals surface area contributed by atoms with E-state index in [9.17, 15) is 29.4 Å². The van der Waals surface area contributed by atoms with Gasteiger partial charge in [-0.15, -0.1) is 0 Å². The van der Waals surface area contributed by atoms with Gasteiger partial charge in [-0.25, -0.2) is 9.59 Å². The minimum atomic E-state index is -1.38. The third-order valence-corrected chi connectivity index (χ3v) is 2.77. The first-order chi connectivity index (χ1) is 12.1. The average molecular weight is 370 g/mol. The summed E-state index contributed by atoms with van der Waals surface area (Å²) in [5.74, 6) is -3.97. The van der Waals surface area contributed by atoms with Crippen LogP contribution < -0.4 is 10.2 Å². The van der Waals surface area contributed by atoms with Crippen molar-refractivity contribution in [3.63, 3.8) is 0 Å². The Hall–Kier alpha value is -2.64. The summed E-state index contributed by atoms with van der Waals surface area (Å²) in [6, 6.07) is 0. The number of unbranched alkanes of at least 4 members (excludes halogenated alkanes) is 2. The fourth-order valence-electron chi connectivity index (χ4n) is 1.32. The third kappa shape index (κ3) is 16.2. The Balaban J connectivity index is 0. The second-order valence-corrected chi connectivity index (χ2v) is 5.27. The van der Waals surface area contributed by atoms with Crippen molar-refractivity contribution in [3.8, 4) is 0 Å². The van der Waals surface area contributed by atoms with E-state index in [1.54, 1.807) is 0 Å². The molecule has 0 unspecified atom stereocenters. The smallest absolute Gasteiger partial charge is 0.333 e. The van der Waals surface area contributed by atoms with Crippen LogP contribution in [-0.4, -0.2) is 37.1 Å². The van der Waals surface area contributed by atoms with Crippen molar-refractivity contribution in [3.05, 3.63) is 23.3 Å². The molecule has 0 aromatic heterocycles. The zero-order chi connectivity index (χ0) is 20.5. The molecule has 148 valence electrons. The van der Waals surface area contributed by atoms with Crippen molar-refractivity contribution in [1.29, 1.82) is 0 Å². The normalized spacial score (nSPS) is 11.1. The van der Waals surface area contributed by atoms with Gasteiger partial charge in [0, 0.05) is 11.1 Å². The number of hydrogen-bond donors (Lipinski definition) is 0. The van der Waals surface area contributed by atoms with Crippen LogP contribution in [0.4, 0.5) is 0 Å². The molecule has 0 spiro atoms. The Morgan fingerprint density at radius 3 is 1.27 bits per heavy atom. The van der Waals surface area contributed by atoms with Crippen LogP contribution in [0.25, 0.3) is 0 Å². The number of aliphatic carboxylic acids is 2. The highest BCUT2D eigenvalue weighted by Gasteiger charge is 2.04. The average Bonchev–Trinajstić information content (AvgIpc) is 2.54. The van der Waals surface area contributed by atoms with Gasteiger partial charge in [0.15, 0.2) is 0 Å². The van der Waals surface area contributed by atoms with Gasteiger partial charge in [0.25, 0.3) is 0 Å². The number of ether oxygens (including phenoxy) is 2. The molecule has 0 radical (unpaired) electrons. The lowest BCUT2D eigenvalue weighted by molar-refractivity contribution is -0.298. The molecule has 0 aliphatic heterocycles. The van der Waals surface area contributed by atoms with Crippen LogP contribution in [0.5, 0.6) is 0 Å². The van der Waals surface area contributed by atoms with Crippen molar-refractivity contribution in [2.45, 2.75) is 53.4 Å². The van der Waals surface area contributed by atoms with Gasteiger partial charge in [-0.05, 0) is 38.8 Å². The molecule has 0 atom stereocenters. The summed E-state index contributed by atoms with van der Waals surface area (Å²) < 4.78 is 9.49. The summed E-state index contributed by atoms with van der Waals surface area (Å²) in [6.07, 6.45) is 4.88. The molecule has 0 N–H and O–H groups in total. The number of carboxylic acid groups (broad SMARTS) is 2. The number of rotatable bonds is 10. The van der Waals surface area contributed by atoms with Crippen LogP contribution in [0.2, 0.25) is 0 Å². The molecule has 0 heterocycles. The van der Waals surface area contributed by atoms with E-state index in [0.29, 0.717) is 13.2 Å². The molecule has 0 amide bonds. The van der Waals surface area contributed by atoms with Gasteiger partial charge in [0.05, 0.1) is 25.2 Å². The quantitative estimate of drug-likeness (QED) is 0.299. The first-order valence-corrected chi connectivity index (χ1v) is 8.28. The van der Waals surface area contributed by atoms with Crippen molar-refractivity contribution >= 4 is 23.9 Å². The molecule has 26 heavy (non-hydrogen) atoms. The van der Waals surface area contributed by atoms with E-state index in [-0.39, 0.29) is 11.1 Å². The molecular weight excluding hydrogens is 344 g/mol. The third-order valence-electron chi connectivity index (χ3n) is 2.77. The second-order valence-electron chi connectivity index (χ2n) is 5.27. The highest BCUT2D eigenvalue weighted by molar-refractivity contribution is 5.95. The number of carbonyl (C=O) groups is 4. The molecule has 0 bridgehead atoms. The number of esters is 2. The molecule has 8 nitrogen and oxygen atoms in total. The Morgan fingerprint density at radius 2 is 1.04 bits per heavy atom. The largest absolute Gasteiger partial charge is 0.545 e. The fourth-order valence-corrected chi connectivity index (χ4v) is 1.32. The predicted molar refractivity (Wildman–Crippen MR) is 89.3 cm³/mol. The van der Waals surface area contributed by atoms with Crippen LogP contribution in [-0.2, 0) is 28.7 Å². The van der Waals surface area contributed by atoms with Crippen molar-refractivity contribution in [1.82, 2.24) is 0 Å². The van der Waals surface area contributed by atoms with Crippen LogP contribution >= 0.6 is 0 Å². The van der Waals surface area contributed by atoms with Gasteiger partial charge in [0.2, 0.25) is 0 Å². The van der Waals surface area contributed by atoms with E-state index in [2.05, 4.69) is 0 Å². The van der Waals surface area contributed by atoms with Gasteiger partial charge >= 0.3 is 11.9 Å². The predicted octanol–water partition coefficient (Wildman–Crippen LogP) is 0.0518. The Labute approximate surface area is 153 Å². The van der Waals surface area contributed by atoms with E-state index in [1.165, 1.54) is 13.8 Å². The molecule has 0 aromatic rings. The molecular formula is C18H26O8-2. The highest BCUT2D eigenvalue weighted by atomic mass is 16.5. The van der Waals surface area contributed by atoms with Gasteiger partial charge in [-0.1, -0.05) is 26.7 Å². The SMILES string of the molecule is CCCCOC(=O)/C(C)=C\C(=O)[O-].CCCCOC(=O)/C(C)=C\C(=O)[O-]. The summed E-state index contributed by atoms with van der Waals surface area (Å²) in [7, 11) is 0. The minimum Gasteiger partial charge on any atom is -0.545 e. The second kappa shape index (κ2) is 15.9. The Bertz CT molecular complexity index is 483. The van der Waals surface area contributed by atoms with Crippen LogP contribution in [0.15, 0.2) is 23.3 Å². The minimum absolute atomic E-state index is 0.0519. The summed E-state index contributed by atoms with van der Waals surface area (Å²) in [6.45, 7) is 7.35. The van der Waals surface area contributed by atoms with Gasteiger partial charge in [-0.2, -0.15) is 0 Å². The molecule has 0 aliphatic carbocycles. The number of hydrogen-bond acceptors (Lipinski definition) is 8. The molecule has 0 saturated carbocycles. The van der Waals surface area contributed by atoms with E-state index in [0.717, 1.165) is 37.8 Å². The lowest BCUT2D eigenvalue weighted by Gasteiger charge is -2.03. The maximum atomic E-state index is 11.0. The van der Waals surface area contributed by atoms with Crippen molar-refractivity contribution < 1.29 is 38.9 Å². The standard InChI is InChI=1S/2C9H14O4/c2*1-3-4-5-13-9(12)7(2)6-8(10)11/h2*6H,3-5H2,1-2H3,(H,10,11)/p-2/b2*7-6-. The zero-order valence-electron chi connectivity index (χ0n) is 15.7. The lowest BCUT2D eigenvalue weighted by atomic mass is 10.3. The first kappa shape index (κ1) is 25.6. The number of carboxylic acids is 2. The van der Waals surface area contributed by atoms with Crippen molar-refractivity contribution in [2.24, 2.45) is 0 Å². The maximum absolute atomic E-state index is 11.0. The molecule has 0 fully saturated rings. The number of carbonyl (C=O) groups excluding carboxylic acids is 4. The van der Waals surface area contributed by atoms with Crippen LogP contribution in [0.1, 0.15) is 53.4 Å². The summed E-state index contributed by atoms with van der Waals surface area (Å²) in [4.78, 5) is 42.0. The summed E-state index contributed by atoms with van der Waals surface area (Å²) >= 11 is 0. The van der Waals surface area contributed by atoms with Gasteiger partial charge in [-0.3, -0.25) is 0 Å². The molecule has 0 saturated heterocycles. The topological polar surface area (TPSA) is 133 Å². The van der Waals surface area contributed by atoms with Crippen LogP contribution in [0.3, 0.4) is 0 Å². The maximum Gasteiger partial charge on any atom is 0.333 e. The van der Waals surface area contributed by atoms with E-state index in [1.807, 2.05) is 13.8 Å². The van der Waals surface area contributed by atoms with Gasteiger partial charge < -0.3 is 29.3 Å². The van der Waals surface area contributed by atoms with E-state index in [4.69, 9.17) is 9.47 Å². The summed E-state index contributed by atoms with van der Waals surface area (Å²) in [5, 5.41) is 20.1.